The summed E-state index contributed by atoms with van der Waals surface area (Å²) >= 11 is 0. The summed E-state index contributed by atoms with van der Waals surface area (Å²) in [6, 6.07) is 15.1. The van der Waals surface area contributed by atoms with E-state index in [1.807, 2.05) is 6.07 Å². The molecule has 0 aromatic heterocycles. The zero-order valence-corrected chi connectivity index (χ0v) is 15.0. The molecule has 1 saturated heterocycles. The van der Waals surface area contributed by atoms with Gasteiger partial charge in [-0.2, -0.15) is 0 Å². The van der Waals surface area contributed by atoms with Crippen molar-refractivity contribution < 1.29 is 12.8 Å². The van der Waals surface area contributed by atoms with Crippen LogP contribution in [0.4, 0.5) is 4.39 Å². The van der Waals surface area contributed by atoms with E-state index in [2.05, 4.69) is 16.5 Å². The van der Waals surface area contributed by atoms with Crippen LogP contribution in [0.25, 0.3) is 0 Å². The average Bonchev–Trinajstić information content (AvgIpc) is 2.62. The van der Waals surface area contributed by atoms with Crippen molar-refractivity contribution in [1.82, 2.24) is 9.62 Å². The third-order valence-corrected chi connectivity index (χ3v) is 6.32. The van der Waals surface area contributed by atoms with Gasteiger partial charge < -0.3 is 0 Å². The molecule has 134 valence electrons. The minimum Gasteiger partial charge on any atom is -0.296 e. The summed E-state index contributed by atoms with van der Waals surface area (Å²) in [5, 5.41) is 0. The normalized spacial score (nSPS) is 18.2. The molecule has 1 fully saturated rings. The van der Waals surface area contributed by atoms with E-state index < -0.39 is 10.0 Å². The Morgan fingerprint density at radius 3 is 2.40 bits per heavy atom. The van der Waals surface area contributed by atoms with Crippen LogP contribution in [-0.2, 0) is 10.0 Å². The molecule has 4 nitrogen and oxygen atoms in total. The lowest BCUT2D eigenvalue weighted by molar-refractivity contribution is 0.159. The molecule has 2 aromatic carbocycles. The number of piperidine rings is 1. The standard InChI is InChI=1S/C19H23FN2O2S/c1-15(16-6-5-7-17(20)14-16)22-12-10-18(11-13-22)21-25(23,24)19-8-3-2-4-9-19/h2-9,14-15,18,21H,10-13H2,1H3. The number of likely N-dealkylation sites (tertiary alicyclic amines) is 1. The molecule has 1 aliphatic heterocycles. The molecule has 0 radical (unpaired) electrons. The molecule has 3 rings (SSSR count). The first-order chi connectivity index (χ1) is 12.0. The van der Waals surface area contributed by atoms with Crippen molar-refractivity contribution in [2.45, 2.75) is 36.7 Å². The van der Waals surface area contributed by atoms with Gasteiger partial charge in [0.2, 0.25) is 10.0 Å². The van der Waals surface area contributed by atoms with Gasteiger partial charge in [-0.25, -0.2) is 17.5 Å². The van der Waals surface area contributed by atoms with Crippen LogP contribution in [0.1, 0.15) is 31.4 Å². The van der Waals surface area contributed by atoms with Crippen molar-refractivity contribution in [2.24, 2.45) is 0 Å². The lowest BCUT2D eigenvalue weighted by Crippen LogP contribution is -2.45. The smallest absolute Gasteiger partial charge is 0.240 e. The molecule has 6 heteroatoms. The number of halogens is 1. The number of benzene rings is 2. The zero-order chi connectivity index (χ0) is 17.9. The molecule has 0 amide bonds. The van der Waals surface area contributed by atoms with Crippen molar-refractivity contribution >= 4 is 10.0 Å². The molecule has 1 heterocycles. The van der Waals surface area contributed by atoms with Gasteiger partial charge in [-0.15, -0.1) is 0 Å². The number of hydrogen-bond donors (Lipinski definition) is 1. The molecule has 25 heavy (non-hydrogen) atoms. The van der Waals surface area contributed by atoms with Crippen LogP contribution >= 0.6 is 0 Å². The first kappa shape index (κ1) is 18.0. The lowest BCUT2D eigenvalue weighted by Gasteiger charge is -2.36. The fourth-order valence-corrected chi connectivity index (χ4v) is 4.60. The zero-order valence-electron chi connectivity index (χ0n) is 14.2. The summed E-state index contributed by atoms with van der Waals surface area (Å²) in [6.07, 6.45) is 1.48. The van der Waals surface area contributed by atoms with E-state index in [-0.39, 0.29) is 17.9 Å². The largest absolute Gasteiger partial charge is 0.296 e. The maximum absolute atomic E-state index is 13.4. The van der Waals surface area contributed by atoms with E-state index in [4.69, 9.17) is 0 Å². The molecule has 0 bridgehead atoms. The van der Waals surface area contributed by atoms with Crippen molar-refractivity contribution in [3.05, 3.63) is 66.0 Å². The van der Waals surface area contributed by atoms with E-state index in [1.54, 1.807) is 42.5 Å². The first-order valence-corrected chi connectivity index (χ1v) is 10.0. The molecule has 2 aromatic rings. The fourth-order valence-electron chi connectivity index (χ4n) is 3.27. The number of nitrogens with one attached hydrogen (secondary N) is 1. The monoisotopic (exact) mass is 362 g/mol. The average molecular weight is 362 g/mol. The highest BCUT2D eigenvalue weighted by atomic mass is 32.2. The molecule has 1 N–H and O–H groups in total. The second-order valence-corrected chi connectivity index (χ2v) is 8.19. The van der Waals surface area contributed by atoms with Gasteiger partial charge in [0.25, 0.3) is 0 Å². The first-order valence-electron chi connectivity index (χ1n) is 8.52. The highest BCUT2D eigenvalue weighted by Crippen LogP contribution is 2.25. The molecule has 0 aliphatic carbocycles. The maximum atomic E-state index is 13.4. The Morgan fingerprint density at radius 1 is 1.08 bits per heavy atom. The van der Waals surface area contributed by atoms with Crippen LogP contribution in [0.15, 0.2) is 59.5 Å². The molecular weight excluding hydrogens is 339 g/mol. The summed E-state index contributed by atoms with van der Waals surface area (Å²) in [5.74, 6) is -0.227. The van der Waals surface area contributed by atoms with E-state index in [0.717, 1.165) is 31.5 Å². The highest BCUT2D eigenvalue weighted by molar-refractivity contribution is 7.89. The van der Waals surface area contributed by atoms with Gasteiger partial charge in [0.05, 0.1) is 4.90 Å². The number of hydrogen-bond acceptors (Lipinski definition) is 3. The van der Waals surface area contributed by atoms with Gasteiger partial charge in [-0.1, -0.05) is 30.3 Å². The Bertz CT molecular complexity index is 803. The summed E-state index contributed by atoms with van der Waals surface area (Å²) in [6.45, 7) is 3.61. The SMILES string of the molecule is CC(c1cccc(F)c1)N1CCC(NS(=O)(=O)c2ccccc2)CC1. The van der Waals surface area contributed by atoms with Gasteiger partial charge in [0, 0.05) is 25.2 Å². The number of rotatable bonds is 5. The third-order valence-electron chi connectivity index (χ3n) is 4.78. The quantitative estimate of drug-likeness (QED) is 0.888. The van der Waals surface area contributed by atoms with E-state index >= 15 is 0 Å². The van der Waals surface area contributed by atoms with Crippen molar-refractivity contribution in [2.75, 3.05) is 13.1 Å². The van der Waals surface area contributed by atoms with Crippen LogP contribution in [0.5, 0.6) is 0 Å². The number of nitrogens with zero attached hydrogens (tertiary/aromatic N) is 1. The Balaban J connectivity index is 1.59. The van der Waals surface area contributed by atoms with E-state index in [9.17, 15) is 12.8 Å². The Labute approximate surface area is 148 Å². The highest BCUT2D eigenvalue weighted by Gasteiger charge is 2.27. The van der Waals surface area contributed by atoms with Gasteiger partial charge in [0.1, 0.15) is 5.82 Å². The second kappa shape index (κ2) is 7.64. The maximum Gasteiger partial charge on any atom is 0.240 e. The number of sulfonamides is 1. The van der Waals surface area contributed by atoms with Crippen LogP contribution in [-0.4, -0.2) is 32.4 Å². The summed E-state index contributed by atoms with van der Waals surface area (Å²) < 4.78 is 41.0. The summed E-state index contributed by atoms with van der Waals surface area (Å²) in [4.78, 5) is 2.56. The molecule has 1 unspecified atom stereocenters. The van der Waals surface area contributed by atoms with Crippen molar-refractivity contribution in [3.63, 3.8) is 0 Å². The topological polar surface area (TPSA) is 49.4 Å². The van der Waals surface area contributed by atoms with Crippen molar-refractivity contribution in [1.29, 1.82) is 0 Å². The van der Waals surface area contributed by atoms with Crippen LogP contribution in [0.3, 0.4) is 0 Å². The van der Waals surface area contributed by atoms with Crippen molar-refractivity contribution in [3.8, 4) is 0 Å². The fraction of sp³-hybridized carbons (Fsp3) is 0.368. The van der Waals surface area contributed by atoms with Gasteiger partial charge >= 0.3 is 0 Å². The van der Waals surface area contributed by atoms with Gasteiger partial charge in [0.15, 0.2) is 0 Å². The molecule has 1 aliphatic rings. The Hall–Kier alpha value is -1.76. The summed E-state index contributed by atoms with van der Waals surface area (Å²) in [5.41, 5.74) is 0.948. The molecule has 1 atom stereocenters. The minimum atomic E-state index is -3.47. The Kier molecular flexibility index (Phi) is 5.51. The third kappa shape index (κ3) is 4.45. The van der Waals surface area contributed by atoms with E-state index in [1.165, 1.54) is 6.07 Å². The molecule has 0 spiro atoms. The second-order valence-electron chi connectivity index (χ2n) is 6.48. The van der Waals surface area contributed by atoms with Crippen LogP contribution in [0, 0.1) is 5.82 Å². The van der Waals surface area contributed by atoms with Gasteiger partial charge in [-0.3, -0.25) is 4.90 Å². The predicted octanol–water partition coefficient (Wildman–Crippen LogP) is 3.33. The van der Waals surface area contributed by atoms with Gasteiger partial charge in [-0.05, 0) is 49.6 Å². The van der Waals surface area contributed by atoms with E-state index in [0.29, 0.717) is 4.90 Å². The molecule has 0 saturated carbocycles. The summed E-state index contributed by atoms with van der Waals surface area (Å²) in [7, 11) is -3.47. The minimum absolute atomic E-state index is 0.0684. The predicted molar refractivity (Wildman–Crippen MR) is 96.2 cm³/mol. The lowest BCUT2D eigenvalue weighted by atomic mass is 10.0. The Morgan fingerprint density at radius 2 is 1.76 bits per heavy atom. The molecular formula is C19H23FN2O2S. The van der Waals surface area contributed by atoms with Crippen LogP contribution < -0.4 is 4.72 Å². The van der Waals surface area contributed by atoms with Crippen LogP contribution in [0.2, 0.25) is 0 Å².